The number of carbonyl (C=O) groups is 1. The van der Waals surface area contributed by atoms with Crippen molar-refractivity contribution in [1.29, 1.82) is 0 Å². The predicted molar refractivity (Wildman–Crippen MR) is 67.2 cm³/mol. The molecule has 2 rings (SSSR count). The first-order chi connectivity index (χ1) is 8.05. The third kappa shape index (κ3) is 2.26. The lowest BCUT2D eigenvalue weighted by molar-refractivity contribution is -0.142. The highest BCUT2D eigenvalue weighted by atomic mass is 16.4. The van der Waals surface area contributed by atoms with Gasteiger partial charge in [-0.05, 0) is 30.5 Å². The van der Waals surface area contributed by atoms with Crippen LogP contribution in [0.2, 0.25) is 0 Å². The molecule has 3 N–H and O–H groups in total. The van der Waals surface area contributed by atoms with Gasteiger partial charge in [-0.3, -0.25) is 4.79 Å². The topological polar surface area (TPSA) is 66.6 Å². The number of anilines is 1. The van der Waals surface area contributed by atoms with Crippen molar-refractivity contribution in [2.75, 3.05) is 18.0 Å². The number of carboxylic acid groups (broad SMARTS) is 1. The number of carboxylic acids is 1. The average Bonchev–Trinajstić information content (AvgIpc) is 2.74. The van der Waals surface area contributed by atoms with Crippen LogP contribution in [0.15, 0.2) is 24.3 Å². The van der Waals surface area contributed by atoms with Crippen LogP contribution in [0.25, 0.3) is 0 Å². The highest BCUT2D eigenvalue weighted by Gasteiger charge is 2.41. The molecule has 92 valence electrons. The molecule has 17 heavy (non-hydrogen) atoms. The second-order valence-corrected chi connectivity index (χ2v) is 4.65. The lowest BCUT2D eigenvalue weighted by atomic mass is 10.0. The Kier molecular flexibility index (Phi) is 3.07. The van der Waals surface area contributed by atoms with Gasteiger partial charge in [0.05, 0.1) is 0 Å². The van der Waals surface area contributed by atoms with Gasteiger partial charge < -0.3 is 15.7 Å². The van der Waals surface area contributed by atoms with Crippen molar-refractivity contribution in [2.45, 2.75) is 25.3 Å². The van der Waals surface area contributed by atoms with E-state index < -0.39 is 11.5 Å². The normalized spacial score (nSPS) is 24.0. The van der Waals surface area contributed by atoms with E-state index >= 15 is 0 Å². The average molecular weight is 234 g/mol. The van der Waals surface area contributed by atoms with E-state index in [1.165, 1.54) is 5.56 Å². The maximum absolute atomic E-state index is 11.0. The highest BCUT2D eigenvalue weighted by Crippen LogP contribution is 2.25. The van der Waals surface area contributed by atoms with Gasteiger partial charge in [0.2, 0.25) is 0 Å². The molecule has 1 aromatic carbocycles. The van der Waals surface area contributed by atoms with Crippen LogP contribution in [0.1, 0.15) is 18.9 Å². The molecule has 1 aliphatic heterocycles. The Balaban J connectivity index is 2.12. The second kappa shape index (κ2) is 4.37. The summed E-state index contributed by atoms with van der Waals surface area (Å²) < 4.78 is 0. The number of nitrogens with zero attached hydrogens (tertiary/aromatic N) is 1. The van der Waals surface area contributed by atoms with Gasteiger partial charge in [-0.25, -0.2) is 0 Å². The fraction of sp³-hybridized carbons (Fsp3) is 0.462. The molecule has 1 unspecified atom stereocenters. The summed E-state index contributed by atoms with van der Waals surface area (Å²) in [5.41, 5.74) is 7.08. The zero-order chi connectivity index (χ0) is 12.5. The van der Waals surface area contributed by atoms with Crippen molar-refractivity contribution in [1.82, 2.24) is 0 Å². The Bertz CT molecular complexity index is 416. The molecule has 1 fully saturated rings. The fourth-order valence-corrected chi connectivity index (χ4v) is 2.17. The van der Waals surface area contributed by atoms with Gasteiger partial charge in [0.15, 0.2) is 0 Å². The number of aliphatic carboxylic acids is 1. The summed E-state index contributed by atoms with van der Waals surface area (Å²) in [5.74, 6) is -0.912. The quantitative estimate of drug-likeness (QED) is 0.825. The van der Waals surface area contributed by atoms with E-state index in [1.54, 1.807) is 0 Å². The van der Waals surface area contributed by atoms with Gasteiger partial charge in [-0.2, -0.15) is 0 Å². The van der Waals surface area contributed by atoms with E-state index in [1.807, 2.05) is 17.0 Å². The summed E-state index contributed by atoms with van der Waals surface area (Å²) >= 11 is 0. The molecule has 0 aliphatic carbocycles. The van der Waals surface area contributed by atoms with E-state index in [4.69, 9.17) is 10.8 Å². The Morgan fingerprint density at radius 3 is 2.59 bits per heavy atom. The molecular formula is C13H18N2O2. The molecule has 1 aliphatic rings. The monoisotopic (exact) mass is 234 g/mol. The molecule has 1 aromatic rings. The predicted octanol–water partition coefficient (Wildman–Crippen LogP) is 1.24. The smallest absolute Gasteiger partial charge is 0.325 e. The third-order valence-electron chi connectivity index (χ3n) is 3.44. The van der Waals surface area contributed by atoms with Crippen LogP contribution in [-0.2, 0) is 11.2 Å². The van der Waals surface area contributed by atoms with Crippen LogP contribution in [0.5, 0.6) is 0 Å². The Hall–Kier alpha value is -1.55. The SMILES string of the molecule is CCc1ccc(N2CCC(N)(C(=O)O)C2)cc1. The first-order valence-electron chi connectivity index (χ1n) is 5.91. The minimum absolute atomic E-state index is 0.383. The molecule has 0 spiro atoms. The minimum Gasteiger partial charge on any atom is -0.480 e. The van der Waals surface area contributed by atoms with E-state index in [0.717, 1.165) is 12.1 Å². The van der Waals surface area contributed by atoms with Gasteiger partial charge in [-0.15, -0.1) is 0 Å². The van der Waals surface area contributed by atoms with Gasteiger partial charge in [0.25, 0.3) is 0 Å². The van der Waals surface area contributed by atoms with E-state index in [2.05, 4.69) is 19.1 Å². The van der Waals surface area contributed by atoms with Crippen LogP contribution in [-0.4, -0.2) is 29.7 Å². The third-order valence-corrected chi connectivity index (χ3v) is 3.44. The molecule has 4 heteroatoms. The number of hydrogen-bond acceptors (Lipinski definition) is 3. The zero-order valence-corrected chi connectivity index (χ0v) is 10.0. The molecule has 1 saturated heterocycles. The molecule has 4 nitrogen and oxygen atoms in total. The van der Waals surface area contributed by atoms with Gasteiger partial charge in [0.1, 0.15) is 5.54 Å². The van der Waals surface area contributed by atoms with Gasteiger partial charge in [0, 0.05) is 18.8 Å². The fourth-order valence-electron chi connectivity index (χ4n) is 2.17. The summed E-state index contributed by atoms with van der Waals surface area (Å²) in [6, 6.07) is 8.22. The molecular weight excluding hydrogens is 216 g/mol. The Morgan fingerprint density at radius 2 is 2.12 bits per heavy atom. The van der Waals surface area contributed by atoms with Crippen LogP contribution in [0, 0.1) is 0 Å². The molecule has 0 bridgehead atoms. The first kappa shape index (κ1) is 11.9. The molecule has 0 aromatic heterocycles. The minimum atomic E-state index is -1.09. The van der Waals surface area contributed by atoms with Crippen molar-refractivity contribution < 1.29 is 9.90 Å². The molecule has 0 amide bonds. The number of hydrogen-bond donors (Lipinski definition) is 2. The number of benzene rings is 1. The van der Waals surface area contributed by atoms with E-state index in [-0.39, 0.29) is 0 Å². The van der Waals surface area contributed by atoms with Crippen LogP contribution in [0.3, 0.4) is 0 Å². The van der Waals surface area contributed by atoms with Crippen molar-refractivity contribution in [3.05, 3.63) is 29.8 Å². The number of aryl methyl sites for hydroxylation is 1. The summed E-state index contributed by atoms with van der Waals surface area (Å²) in [7, 11) is 0. The van der Waals surface area contributed by atoms with E-state index in [0.29, 0.717) is 19.5 Å². The number of rotatable bonds is 3. The Labute approximate surface area is 101 Å². The first-order valence-corrected chi connectivity index (χ1v) is 5.91. The van der Waals surface area contributed by atoms with Crippen molar-refractivity contribution in [3.63, 3.8) is 0 Å². The highest BCUT2D eigenvalue weighted by molar-refractivity contribution is 5.80. The van der Waals surface area contributed by atoms with Crippen LogP contribution in [0.4, 0.5) is 5.69 Å². The van der Waals surface area contributed by atoms with Crippen molar-refractivity contribution >= 4 is 11.7 Å². The summed E-state index contributed by atoms with van der Waals surface area (Å²) in [6.07, 6.45) is 1.51. The lowest BCUT2D eigenvalue weighted by Gasteiger charge is -2.21. The van der Waals surface area contributed by atoms with Crippen molar-refractivity contribution in [2.24, 2.45) is 5.73 Å². The van der Waals surface area contributed by atoms with Crippen molar-refractivity contribution in [3.8, 4) is 0 Å². The molecule has 1 heterocycles. The lowest BCUT2D eigenvalue weighted by Crippen LogP contribution is -2.50. The zero-order valence-electron chi connectivity index (χ0n) is 10.0. The molecule has 1 atom stereocenters. The van der Waals surface area contributed by atoms with Gasteiger partial charge in [-0.1, -0.05) is 19.1 Å². The molecule has 0 radical (unpaired) electrons. The maximum atomic E-state index is 11.0. The van der Waals surface area contributed by atoms with Gasteiger partial charge >= 0.3 is 5.97 Å². The largest absolute Gasteiger partial charge is 0.480 e. The van der Waals surface area contributed by atoms with Crippen LogP contribution < -0.4 is 10.6 Å². The summed E-state index contributed by atoms with van der Waals surface area (Å²) in [4.78, 5) is 13.1. The standard InChI is InChI=1S/C13H18N2O2/c1-2-10-3-5-11(6-4-10)15-8-7-13(14,9-15)12(16)17/h3-6H,2,7-9,14H2,1H3,(H,16,17). The maximum Gasteiger partial charge on any atom is 0.325 e. The second-order valence-electron chi connectivity index (χ2n) is 4.65. The summed E-state index contributed by atoms with van der Waals surface area (Å²) in [6.45, 7) is 3.20. The number of nitrogens with two attached hydrogens (primary N) is 1. The molecule has 0 saturated carbocycles. The Morgan fingerprint density at radius 1 is 1.47 bits per heavy atom. The van der Waals surface area contributed by atoms with Crippen LogP contribution >= 0.6 is 0 Å². The summed E-state index contributed by atoms with van der Waals surface area (Å²) in [5, 5.41) is 9.07. The van der Waals surface area contributed by atoms with E-state index in [9.17, 15) is 4.79 Å².